The Morgan fingerprint density at radius 2 is 1.58 bits per heavy atom. The second-order valence-electron chi connectivity index (χ2n) is 4.78. The van der Waals surface area contributed by atoms with Gasteiger partial charge in [0.25, 0.3) is 0 Å². The zero-order valence-corrected chi connectivity index (χ0v) is 24.9. The number of phosphoric acid groups is 3. The van der Waals surface area contributed by atoms with Crippen LogP contribution in [0, 0.1) is 0 Å². The maximum Gasteiger partial charge on any atom is 0.490 e. The van der Waals surface area contributed by atoms with Gasteiger partial charge in [-0.15, -0.1) is 0 Å². The van der Waals surface area contributed by atoms with E-state index in [-0.39, 0.29) is 92.6 Å². The number of rotatable bonds is 9. The van der Waals surface area contributed by atoms with Gasteiger partial charge in [-0.25, -0.2) is 13.7 Å². The number of phosphoric ester groups is 1. The minimum atomic E-state index is -5.54. The molecule has 18 heteroatoms. The van der Waals surface area contributed by atoms with Crippen LogP contribution in [-0.4, -0.2) is 49.6 Å². The third-order valence-corrected chi connectivity index (χ3v) is 6.53. The van der Waals surface area contributed by atoms with Crippen molar-refractivity contribution in [1.29, 1.82) is 0 Å². The summed E-state index contributed by atoms with van der Waals surface area (Å²) in [5.41, 5.74) is 0. The fraction of sp³-hybridized carbons (Fsp3) is 1.00. The molecular formula is C8H19O12P3WY2. The summed E-state index contributed by atoms with van der Waals surface area (Å²) in [4.78, 5) is 35.0. The van der Waals surface area contributed by atoms with Crippen LogP contribution in [-0.2, 0) is 118 Å². The van der Waals surface area contributed by atoms with E-state index in [2.05, 4.69) is 13.1 Å². The van der Waals surface area contributed by atoms with E-state index in [9.17, 15) is 23.7 Å². The Balaban J connectivity index is -0.00000176. The summed E-state index contributed by atoms with van der Waals surface area (Å²) in [6.45, 7) is 1.28. The molecule has 0 aliphatic carbocycles. The zero-order valence-electron chi connectivity index (χ0n) is 13.6. The van der Waals surface area contributed by atoms with Crippen molar-refractivity contribution in [3.8, 4) is 0 Å². The maximum absolute atomic E-state index is 11.5. The second kappa shape index (κ2) is 14.3. The Hall–Kier alpha value is 3.23. The van der Waals surface area contributed by atoms with E-state index in [0.717, 1.165) is 6.42 Å². The van der Waals surface area contributed by atoms with Gasteiger partial charge in [-0.05, 0) is 6.42 Å². The predicted octanol–water partition coefficient (Wildman–Crippen LogP) is 0.641. The Morgan fingerprint density at radius 1 is 1.04 bits per heavy atom. The van der Waals surface area contributed by atoms with Gasteiger partial charge < -0.3 is 29.4 Å². The van der Waals surface area contributed by atoms with Crippen LogP contribution in [0.1, 0.15) is 26.2 Å². The molecule has 12 nitrogen and oxygen atoms in total. The molecule has 1 fully saturated rings. The molecule has 0 bridgehead atoms. The quantitative estimate of drug-likeness (QED) is 0.207. The minimum Gasteiger partial charge on any atom is -0.390 e. The van der Waals surface area contributed by atoms with Crippen molar-refractivity contribution < 1.29 is 143 Å². The summed E-state index contributed by atoms with van der Waals surface area (Å²) >= 11 is 0. The first kappa shape index (κ1) is 33.9. The molecule has 5 N–H and O–H groups in total. The topological polar surface area (TPSA) is 189 Å². The predicted molar refractivity (Wildman–Crippen MR) is 74.0 cm³/mol. The van der Waals surface area contributed by atoms with Crippen molar-refractivity contribution in [1.82, 2.24) is 0 Å². The number of aliphatic hydroxyl groups is 1. The third-order valence-electron chi connectivity index (χ3n) is 2.73. The third kappa shape index (κ3) is 14.3. The molecule has 1 saturated heterocycles. The molecule has 0 spiro atoms. The summed E-state index contributed by atoms with van der Waals surface area (Å²) in [6.07, 6.45) is -0.374. The van der Waals surface area contributed by atoms with Crippen LogP contribution >= 0.6 is 23.5 Å². The second-order valence-corrected chi connectivity index (χ2v) is 9.19. The van der Waals surface area contributed by atoms with E-state index in [1.165, 1.54) is 0 Å². The summed E-state index contributed by atoms with van der Waals surface area (Å²) in [7, 11) is -16.2. The Labute approximate surface area is 215 Å². The Kier molecular flexibility index (Phi) is 18.6. The molecule has 1 aliphatic rings. The van der Waals surface area contributed by atoms with Crippen LogP contribution < -0.4 is 0 Å². The first-order valence-electron chi connectivity index (χ1n) is 6.45. The molecular weight excluding hydrogens is 743 g/mol. The van der Waals surface area contributed by atoms with Gasteiger partial charge in [-0.1, -0.05) is 13.3 Å². The van der Waals surface area contributed by atoms with Gasteiger partial charge >= 0.3 is 23.5 Å². The van der Waals surface area contributed by atoms with E-state index < -0.39 is 42.3 Å². The normalized spacial score (nSPS) is 27.2. The number of hydrogen-bond donors (Lipinski definition) is 5. The van der Waals surface area contributed by atoms with Crippen LogP contribution in [0.3, 0.4) is 0 Å². The monoisotopic (exact) mass is 762 g/mol. The molecule has 26 heavy (non-hydrogen) atoms. The molecule has 150 valence electrons. The standard InChI is InChI=1S/C8H19O12P3.W.2Y/c1-2-3-6-4-7(9)8(18-6)5-17-22(13,14)20-23(15,16)19-21(10,11)12;;;/h6-9H,2-5H2,1H3,(H,13,14)(H,15,16)(H2,10,11,12);;;/t6-,7?,8+;;;/m0.../s1. The Morgan fingerprint density at radius 3 is 2.04 bits per heavy atom. The van der Waals surface area contributed by atoms with Gasteiger partial charge in [0.05, 0.1) is 18.8 Å². The molecule has 0 aromatic heterocycles. The molecule has 1 rings (SSSR count). The number of ether oxygens (including phenoxy) is 1. The molecule has 2 radical (unpaired) electrons. The minimum absolute atomic E-state index is 0. The Bertz CT molecular complexity index is 547. The summed E-state index contributed by atoms with van der Waals surface area (Å²) in [5.74, 6) is 0. The summed E-state index contributed by atoms with van der Waals surface area (Å²) < 4.78 is 50.0. The molecule has 0 aromatic rings. The first-order valence-corrected chi connectivity index (χ1v) is 11.0. The molecule has 0 amide bonds. The van der Waals surface area contributed by atoms with E-state index in [4.69, 9.17) is 19.4 Å². The summed E-state index contributed by atoms with van der Waals surface area (Å²) in [6, 6.07) is 0. The number of aliphatic hydroxyl groups excluding tert-OH is 1. The fourth-order valence-corrected chi connectivity index (χ4v) is 4.97. The molecule has 5 atom stereocenters. The van der Waals surface area contributed by atoms with Crippen LogP contribution in [0.4, 0.5) is 0 Å². The number of hydrogen-bond acceptors (Lipinski definition) is 8. The molecule has 1 heterocycles. The van der Waals surface area contributed by atoms with E-state index in [1.807, 2.05) is 6.92 Å². The van der Waals surface area contributed by atoms with Crippen molar-refractivity contribution >= 4 is 23.5 Å². The van der Waals surface area contributed by atoms with Gasteiger partial charge in [0, 0.05) is 92.9 Å². The molecule has 0 aromatic carbocycles. The molecule has 0 saturated carbocycles. The summed E-state index contributed by atoms with van der Waals surface area (Å²) in [5, 5.41) is 9.72. The molecule has 1 aliphatic heterocycles. The fourth-order valence-electron chi connectivity index (χ4n) is 1.94. The van der Waals surface area contributed by atoms with Gasteiger partial charge in [0.1, 0.15) is 6.10 Å². The van der Waals surface area contributed by atoms with E-state index in [0.29, 0.717) is 12.8 Å². The van der Waals surface area contributed by atoms with Gasteiger partial charge in [0.2, 0.25) is 0 Å². The van der Waals surface area contributed by atoms with E-state index >= 15 is 0 Å². The molecule has 3 unspecified atom stereocenters. The van der Waals surface area contributed by atoms with Crippen molar-refractivity contribution in [2.24, 2.45) is 0 Å². The van der Waals surface area contributed by atoms with Crippen LogP contribution in [0.25, 0.3) is 0 Å². The first-order chi connectivity index (χ1) is 10.3. The van der Waals surface area contributed by atoms with Crippen molar-refractivity contribution in [2.75, 3.05) is 6.61 Å². The maximum atomic E-state index is 11.5. The smallest absolute Gasteiger partial charge is 0.390 e. The zero-order chi connectivity index (χ0) is 17.9. The largest absolute Gasteiger partial charge is 0.490 e. The van der Waals surface area contributed by atoms with Crippen molar-refractivity contribution in [2.45, 2.75) is 44.5 Å². The van der Waals surface area contributed by atoms with Crippen LogP contribution in [0.2, 0.25) is 0 Å². The van der Waals surface area contributed by atoms with Crippen molar-refractivity contribution in [3.63, 3.8) is 0 Å². The average molecular weight is 762 g/mol. The van der Waals surface area contributed by atoms with Gasteiger partial charge in [0.15, 0.2) is 0 Å². The van der Waals surface area contributed by atoms with Gasteiger partial charge in [-0.3, -0.25) is 4.52 Å². The van der Waals surface area contributed by atoms with Crippen molar-refractivity contribution in [3.05, 3.63) is 0 Å². The van der Waals surface area contributed by atoms with Gasteiger partial charge in [-0.2, -0.15) is 8.62 Å². The average Bonchev–Trinajstić information content (AvgIpc) is 2.63. The van der Waals surface area contributed by atoms with Crippen LogP contribution in [0.5, 0.6) is 0 Å². The van der Waals surface area contributed by atoms with Crippen LogP contribution in [0.15, 0.2) is 0 Å². The SMILES string of the molecule is CCC[C@H]1CC(O)[C@@H](COP(=O)(O)OP(=O)(O)OP(=O)(O)O)O1.[W].[Y].[Y]. The van der Waals surface area contributed by atoms with E-state index in [1.54, 1.807) is 0 Å².